The van der Waals surface area contributed by atoms with Crippen molar-refractivity contribution in [1.82, 2.24) is 0 Å². The fourth-order valence-electron chi connectivity index (χ4n) is 1.37. The highest BCUT2D eigenvalue weighted by Gasteiger charge is 2.29. The van der Waals surface area contributed by atoms with Gasteiger partial charge >= 0.3 is 0 Å². The van der Waals surface area contributed by atoms with Gasteiger partial charge < -0.3 is 10.2 Å². The minimum atomic E-state index is -3.60. The molecule has 0 aromatic heterocycles. The molecule has 2 N–H and O–H groups in total. The Balaban J connectivity index is 3.05. The van der Waals surface area contributed by atoms with Crippen LogP contribution in [0.3, 0.4) is 0 Å². The van der Waals surface area contributed by atoms with E-state index in [4.69, 9.17) is 5.11 Å². The first kappa shape index (κ1) is 13.1. The standard InChI is InChI=1S/C10H13FO4S/c1-16(14,15)9(6-12)10(13)7-3-2-4-8(11)5-7/h2-5,9-10,12-13H,6H2,1H3/t9-,10+/m0/s1. The van der Waals surface area contributed by atoms with Crippen LogP contribution in [-0.2, 0) is 9.84 Å². The molecule has 0 aliphatic carbocycles. The van der Waals surface area contributed by atoms with Crippen molar-refractivity contribution < 1.29 is 23.0 Å². The lowest BCUT2D eigenvalue weighted by Gasteiger charge is -2.19. The first-order chi connectivity index (χ1) is 7.36. The van der Waals surface area contributed by atoms with E-state index < -0.39 is 33.6 Å². The molecule has 16 heavy (non-hydrogen) atoms. The number of rotatable bonds is 4. The van der Waals surface area contributed by atoms with Gasteiger partial charge in [0.2, 0.25) is 0 Å². The van der Waals surface area contributed by atoms with Crippen molar-refractivity contribution in [1.29, 1.82) is 0 Å². The zero-order valence-electron chi connectivity index (χ0n) is 8.67. The van der Waals surface area contributed by atoms with Gasteiger partial charge in [-0.05, 0) is 17.7 Å². The van der Waals surface area contributed by atoms with E-state index in [-0.39, 0.29) is 5.56 Å². The third-order valence-corrected chi connectivity index (χ3v) is 3.78. The highest BCUT2D eigenvalue weighted by Crippen LogP contribution is 2.22. The maximum absolute atomic E-state index is 12.9. The summed E-state index contributed by atoms with van der Waals surface area (Å²) < 4.78 is 35.4. The lowest BCUT2D eigenvalue weighted by molar-refractivity contribution is 0.138. The Kier molecular flexibility index (Phi) is 4.01. The molecular formula is C10H13FO4S. The molecule has 0 saturated carbocycles. The normalized spacial score (nSPS) is 15.8. The maximum atomic E-state index is 12.9. The molecule has 0 heterocycles. The Morgan fingerprint density at radius 3 is 2.50 bits per heavy atom. The summed E-state index contributed by atoms with van der Waals surface area (Å²) in [5, 5.41) is 17.3. The summed E-state index contributed by atoms with van der Waals surface area (Å²) >= 11 is 0. The third kappa shape index (κ3) is 3.01. The van der Waals surface area contributed by atoms with Gasteiger partial charge in [-0.1, -0.05) is 12.1 Å². The van der Waals surface area contributed by atoms with Crippen molar-refractivity contribution in [3.63, 3.8) is 0 Å². The highest BCUT2D eigenvalue weighted by atomic mass is 32.2. The highest BCUT2D eigenvalue weighted by molar-refractivity contribution is 7.91. The molecular weight excluding hydrogens is 235 g/mol. The fraction of sp³-hybridized carbons (Fsp3) is 0.400. The Hall–Kier alpha value is -0.980. The van der Waals surface area contributed by atoms with E-state index in [9.17, 15) is 17.9 Å². The smallest absolute Gasteiger partial charge is 0.155 e. The summed E-state index contributed by atoms with van der Waals surface area (Å²) in [6, 6.07) is 5.00. The Labute approximate surface area is 93.3 Å². The minimum Gasteiger partial charge on any atom is -0.395 e. The molecule has 0 aliphatic heterocycles. The second-order valence-corrected chi connectivity index (χ2v) is 5.81. The molecule has 0 aliphatic rings. The van der Waals surface area contributed by atoms with Gasteiger partial charge in [-0.3, -0.25) is 0 Å². The molecule has 0 radical (unpaired) electrons. The maximum Gasteiger partial charge on any atom is 0.155 e. The number of hydrogen-bond donors (Lipinski definition) is 2. The number of sulfone groups is 1. The van der Waals surface area contributed by atoms with E-state index in [1.54, 1.807) is 0 Å². The molecule has 0 saturated heterocycles. The Morgan fingerprint density at radius 2 is 2.06 bits per heavy atom. The van der Waals surface area contributed by atoms with E-state index in [2.05, 4.69) is 0 Å². The van der Waals surface area contributed by atoms with Crippen LogP contribution < -0.4 is 0 Å². The van der Waals surface area contributed by atoms with Crippen LogP contribution in [0.4, 0.5) is 4.39 Å². The van der Waals surface area contributed by atoms with Gasteiger partial charge in [-0.15, -0.1) is 0 Å². The van der Waals surface area contributed by atoms with E-state index in [1.807, 2.05) is 0 Å². The van der Waals surface area contributed by atoms with Crippen LogP contribution in [0.15, 0.2) is 24.3 Å². The summed E-state index contributed by atoms with van der Waals surface area (Å²) in [7, 11) is -3.60. The van der Waals surface area contributed by atoms with Crippen LogP contribution in [0.5, 0.6) is 0 Å². The molecule has 0 bridgehead atoms. The summed E-state index contributed by atoms with van der Waals surface area (Å²) in [6.45, 7) is -0.712. The molecule has 2 atom stereocenters. The van der Waals surface area contributed by atoms with Gasteiger partial charge in [0.1, 0.15) is 11.1 Å². The van der Waals surface area contributed by atoms with E-state index >= 15 is 0 Å². The monoisotopic (exact) mass is 248 g/mol. The van der Waals surface area contributed by atoms with Crippen LogP contribution in [0, 0.1) is 5.82 Å². The zero-order valence-corrected chi connectivity index (χ0v) is 9.48. The van der Waals surface area contributed by atoms with Crippen LogP contribution in [0.1, 0.15) is 11.7 Å². The number of hydrogen-bond acceptors (Lipinski definition) is 4. The average Bonchev–Trinajstić information content (AvgIpc) is 2.16. The van der Waals surface area contributed by atoms with Crippen molar-refractivity contribution in [3.8, 4) is 0 Å². The number of aliphatic hydroxyl groups is 2. The Bertz CT molecular complexity index is 458. The van der Waals surface area contributed by atoms with E-state index in [0.717, 1.165) is 12.3 Å². The Morgan fingerprint density at radius 1 is 1.44 bits per heavy atom. The number of aliphatic hydroxyl groups excluding tert-OH is 2. The molecule has 6 heteroatoms. The number of halogens is 1. The quantitative estimate of drug-likeness (QED) is 0.801. The SMILES string of the molecule is CS(=O)(=O)[C@@H](CO)[C@H](O)c1cccc(F)c1. The molecule has 0 spiro atoms. The molecule has 0 fully saturated rings. The van der Waals surface area contributed by atoms with Gasteiger partial charge in [0, 0.05) is 6.26 Å². The molecule has 1 rings (SSSR count). The van der Waals surface area contributed by atoms with Gasteiger partial charge in [0.05, 0.1) is 12.7 Å². The fourth-order valence-corrected chi connectivity index (χ4v) is 2.27. The van der Waals surface area contributed by atoms with Crippen LogP contribution in [0.25, 0.3) is 0 Å². The predicted octanol–water partition coefficient (Wildman–Crippen LogP) is 0.265. The summed E-state index contributed by atoms with van der Waals surface area (Å²) in [5.74, 6) is -0.568. The van der Waals surface area contributed by atoms with Crippen molar-refractivity contribution >= 4 is 9.84 Å². The van der Waals surface area contributed by atoms with Crippen molar-refractivity contribution in [2.24, 2.45) is 0 Å². The third-order valence-electron chi connectivity index (χ3n) is 2.27. The van der Waals surface area contributed by atoms with E-state index in [1.165, 1.54) is 18.2 Å². The van der Waals surface area contributed by atoms with Crippen molar-refractivity contribution in [3.05, 3.63) is 35.6 Å². The topological polar surface area (TPSA) is 74.6 Å². The van der Waals surface area contributed by atoms with Crippen LogP contribution >= 0.6 is 0 Å². The summed E-state index contributed by atoms with van der Waals surface area (Å²) in [6.07, 6.45) is -0.521. The number of benzene rings is 1. The molecule has 90 valence electrons. The molecule has 0 unspecified atom stereocenters. The van der Waals surface area contributed by atoms with Gasteiger partial charge in [-0.25, -0.2) is 12.8 Å². The van der Waals surface area contributed by atoms with Gasteiger partial charge in [-0.2, -0.15) is 0 Å². The van der Waals surface area contributed by atoms with Gasteiger partial charge in [0.25, 0.3) is 0 Å². The first-order valence-electron chi connectivity index (χ1n) is 4.59. The summed E-state index contributed by atoms with van der Waals surface area (Å²) in [5.41, 5.74) is 0.129. The molecule has 1 aromatic rings. The molecule has 4 nitrogen and oxygen atoms in total. The van der Waals surface area contributed by atoms with E-state index in [0.29, 0.717) is 0 Å². The van der Waals surface area contributed by atoms with Crippen molar-refractivity contribution in [2.45, 2.75) is 11.4 Å². The second kappa shape index (κ2) is 4.90. The minimum absolute atomic E-state index is 0.129. The van der Waals surface area contributed by atoms with Gasteiger partial charge in [0.15, 0.2) is 9.84 Å². The largest absolute Gasteiger partial charge is 0.395 e. The lowest BCUT2D eigenvalue weighted by Crippen LogP contribution is -2.31. The summed E-state index contributed by atoms with van der Waals surface area (Å²) in [4.78, 5) is 0. The predicted molar refractivity (Wildman–Crippen MR) is 57.1 cm³/mol. The zero-order chi connectivity index (χ0) is 12.3. The van der Waals surface area contributed by atoms with Crippen LogP contribution in [-0.4, -0.2) is 36.7 Å². The second-order valence-electron chi connectivity index (χ2n) is 3.55. The molecule has 1 aromatic carbocycles. The average molecular weight is 248 g/mol. The van der Waals surface area contributed by atoms with Crippen LogP contribution in [0.2, 0.25) is 0 Å². The molecule has 0 amide bonds. The lowest BCUT2D eigenvalue weighted by atomic mass is 10.1. The first-order valence-corrected chi connectivity index (χ1v) is 6.55. The van der Waals surface area contributed by atoms with Crippen molar-refractivity contribution in [2.75, 3.05) is 12.9 Å².